The molecule has 3 aromatic carbocycles. The van der Waals surface area contributed by atoms with Gasteiger partial charge in [-0.3, -0.25) is 4.55 Å². The molecule has 1 aliphatic rings. The van der Waals surface area contributed by atoms with Crippen LogP contribution in [0.3, 0.4) is 0 Å². The number of benzene rings is 3. The van der Waals surface area contributed by atoms with E-state index >= 15 is 0 Å². The molecule has 0 aromatic heterocycles. The summed E-state index contributed by atoms with van der Waals surface area (Å²) in [4.78, 5) is 2.98. The van der Waals surface area contributed by atoms with E-state index in [0.717, 1.165) is 40.0 Å². The molecule has 10 heteroatoms. The SMILES string of the molecule is CC(Oc1ccc([S+](c2ccc(C(C)(C)C)cc2)c2cccc(C3(C)OCCCCO3)c2)cc1)C(F)(F)S(=O)(=O)O. The lowest BCUT2D eigenvalue weighted by Crippen LogP contribution is -2.42. The van der Waals surface area contributed by atoms with Crippen molar-refractivity contribution in [2.45, 2.75) is 84.7 Å². The Morgan fingerprint density at radius 1 is 0.902 bits per heavy atom. The molecule has 0 aliphatic carbocycles. The van der Waals surface area contributed by atoms with Crippen molar-refractivity contribution in [3.05, 3.63) is 83.9 Å². The van der Waals surface area contributed by atoms with Gasteiger partial charge in [-0.25, -0.2) is 0 Å². The highest BCUT2D eigenvalue weighted by Gasteiger charge is 2.51. The second-order valence-electron chi connectivity index (χ2n) is 11.2. The highest BCUT2D eigenvalue weighted by Crippen LogP contribution is 2.37. The first-order valence-corrected chi connectivity index (χ1v) is 16.1. The lowest BCUT2D eigenvalue weighted by atomic mass is 9.87. The van der Waals surface area contributed by atoms with Gasteiger partial charge in [0.05, 0.1) is 24.1 Å². The fraction of sp³-hybridized carbons (Fsp3) is 0.419. The highest BCUT2D eigenvalue weighted by molar-refractivity contribution is 7.97. The van der Waals surface area contributed by atoms with Crippen molar-refractivity contribution in [1.82, 2.24) is 0 Å². The Bertz CT molecular complexity index is 1430. The fourth-order valence-electron chi connectivity index (χ4n) is 4.49. The fourth-order valence-corrected chi connectivity index (χ4v) is 7.05. The molecular weight excluding hydrogens is 570 g/mol. The molecule has 3 aromatic rings. The van der Waals surface area contributed by atoms with E-state index in [1.807, 2.05) is 25.1 Å². The predicted molar refractivity (Wildman–Crippen MR) is 155 cm³/mol. The quantitative estimate of drug-likeness (QED) is 0.213. The molecule has 0 radical (unpaired) electrons. The van der Waals surface area contributed by atoms with Gasteiger partial charge in [0.1, 0.15) is 5.75 Å². The zero-order chi connectivity index (χ0) is 30.1. The van der Waals surface area contributed by atoms with E-state index in [4.69, 9.17) is 18.8 Å². The molecule has 41 heavy (non-hydrogen) atoms. The third-order valence-electron chi connectivity index (χ3n) is 7.03. The molecule has 222 valence electrons. The van der Waals surface area contributed by atoms with E-state index in [-0.39, 0.29) is 11.2 Å². The molecular formula is C31H37F2O6S2+. The van der Waals surface area contributed by atoms with Crippen molar-refractivity contribution in [3.63, 3.8) is 0 Å². The van der Waals surface area contributed by atoms with Gasteiger partial charge in [0, 0.05) is 11.6 Å². The molecule has 6 nitrogen and oxygen atoms in total. The molecule has 0 bridgehead atoms. The van der Waals surface area contributed by atoms with Crippen LogP contribution in [0.2, 0.25) is 0 Å². The number of rotatable bonds is 8. The van der Waals surface area contributed by atoms with Crippen molar-refractivity contribution in [1.29, 1.82) is 0 Å². The maximum atomic E-state index is 14.0. The first-order valence-electron chi connectivity index (χ1n) is 13.5. The summed E-state index contributed by atoms with van der Waals surface area (Å²) >= 11 is 0. The Kier molecular flexibility index (Phi) is 9.21. The van der Waals surface area contributed by atoms with Crippen molar-refractivity contribution in [3.8, 4) is 5.75 Å². The molecule has 1 N–H and O–H groups in total. The lowest BCUT2D eigenvalue weighted by Gasteiger charge is -2.28. The number of ether oxygens (including phenoxy) is 3. The Balaban J connectivity index is 1.72. The Morgan fingerprint density at radius 2 is 1.44 bits per heavy atom. The second-order valence-corrected chi connectivity index (χ2v) is 14.7. The van der Waals surface area contributed by atoms with Crippen LogP contribution in [0.25, 0.3) is 0 Å². The maximum Gasteiger partial charge on any atom is 0.405 e. The van der Waals surface area contributed by atoms with Crippen LogP contribution < -0.4 is 4.74 Å². The predicted octanol–water partition coefficient (Wildman–Crippen LogP) is 7.33. The van der Waals surface area contributed by atoms with Crippen molar-refractivity contribution in [2.24, 2.45) is 0 Å². The number of hydrogen-bond acceptors (Lipinski definition) is 5. The van der Waals surface area contributed by atoms with Gasteiger partial charge in [-0.15, -0.1) is 0 Å². The second kappa shape index (κ2) is 12.0. The largest absolute Gasteiger partial charge is 0.483 e. The monoisotopic (exact) mass is 607 g/mol. The minimum absolute atomic E-state index is 0.0143. The Morgan fingerprint density at radius 3 is 1.95 bits per heavy atom. The molecule has 4 rings (SSSR count). The first-order chi connectivity index (χ1) is 19.1. The van der Waals surface area contributed by atoms with Crippen LogP contribution in [0.15, 0.2) is 87.5 Å². The lowest BCUT2D eigenvalue weighted by molar-refractivity contribution is -0.221. The van der Waals surface area contributed by atoms with Crippen LogP contribution in [-0.2, 0) is 41.7 Å². The normalized spacial score (nSPS) is 17.9. The number of alkyl halides is 2. The van der Waals surface area contributed by atoms with E-state index in [0.29, 0.717) is 13.2 Å². The standard InChI is InChI=1S/C31H36F2O6S2/c1-22(31(32,33)41(34,35)36)39-25-13-17-27(18-14-25)40(26-15-11-23(12-16-26)29(2,3)4)28-10-8-9-24(21-28)30(5)37-19-6-7-20-38-30/h8-18,21-22H,6-7,19-20H2,1-5H3/p+1. The smallest absolute Gasteiger partial charge is 0.405 e. The van der Waals surface area contributed by atoms with E-state index in [9.17, 15) is 17.2 Å². The number of halogens is 2. The summed E-state index contributed by atoms with van der Waals surface area (Å²) < 4.78 is 76.7. The molecule has 2 atom stereocenters. The van der Waals surface area contributed by atoms with Crippen LogP contribution in [0, 0.1) is 0 Å². The summed E-state index contributed by atoms with van der Waals surface area (Å²) in [5, 5.41) is -4.45. The molecule has 1 heterocycles. The third-order valence-corrected chi connectivity index (χ3v) is 10.3. The van der Waals surface area contributed by atoms with Crippen LogP contribution >= 0.6 is 0 Å². The summed E-state index contributed by atoms with van der Waals surface area (Å²) in [7, 11) is -6.22. The van der Waals surface area contributed by atoms with E-state index in [2.05, 4.69) is 51.1 Å². The molecule has 1 saturated heterocycles. The average Bonchev–Trinajstić information content (AvgIpc) is 3.14. The van der Waals surface area contributed by atoms with Gasteiger partial charge in [-0.1, -0.05) is 45.0 Å². The van der Waals surface area contributed by atoms with E-state index in [1.165, 1.54) is 17.7 Å². The molecule has 1 fully saturated rings. The first kappa shape index (κ1) is 31.4. The summed E-state index contributed by atoms with van der Waals surface area (Å²) in [6.07, 6.45) is -0.227. The summed E-state index contributed by atoms with van der Waals surface area (Å²) in [6.45, 7) is 10.5. The van der Waals surface area contributed by atoms with Crippen molar-refractivity contribution in [2.75, 3.05) is 13.2 Å². The summed E-state index contributed by atoms with van der Waals surface area (Å²) in [5.41, 5.74) is 2.09. The topological polar surface area (TPSA) is 82.1 Å². The van der Waals surface area contributed by atoms with E-state index in [1.54, 1.807) is 12.1 Å². The van der Waals surface area contributed by atoms with Crippen molar-refractivity contribution >= 4 is 21.0 Å². The number of hydrogen-bond donors (Lipinski definition) is 1. The Labute approximate surface area is 244 Å². The van der Waals surface area contributed by atoms with Gasteiger partial charge in [-0.2, -0.15) is 17.2 Å². The summed E-state index contributed by atoms with van der Waals surface area (Å²) in [6, 6.07) is 23.2. The van der Waals surface area contributed by atoms with Crippen LogP contribution in [0.5, 0.6) is 5.75 Å². The third kappa shape index (κ3) is 7.11. The van der Waals surface area contributed by atoms with Gasteiger partial charge >= 0.3 is 15.4 Å². The average molecular weight is 608 g/mol. The highest BCUT2D eigenvalue weighted by atomic mass is 32.2. The molecule has 0 spiro atoms. The molecule has 2 unspecified atom stereocenters. The van der Waals surface area contributed by atoms with Gasteiger partial charge in [0.2, 0.25) is 0 Å². The Hall–Kier alpha value is -2.50. The molecule has 0 amide bonds. The van der Waals surface area contributed by atoms with Crippen LogP contribution in [0.1, 0.15) is 58.6 Å². The zero-order valence-corrected chi connectivity index (χ0v) is 25.5. The minimum atomic E-state index is -5.63. The van der Waals surface area contributed by atoms with Gasteiger partial charge in [0.15, 0.2) is 26.6 Å². The van der Waals surface area contributed by atoms with E-state index < -0.39 is 38.2 Å². The van der Waals surface area contributed by atoms with Gasteiger partial charge < -0.3 is 14.2 Å². The van der Waals surface area contributed by atoms with Gasteiger partial charge in [0.25, 0.3) is 0 Å². The maximum absolute atomic E-state index is 14.0. The van der Waals surface area contributed by atoms with Crippen molar-refractivity contribution < 1.29 is 36.0 Å². The zero-order valence-electron chi connectivity index (χ0n) is 23.9. The van der Waals surface area contributed by atoms with Crippen LogP contribution in [0.4, 0.5) is 8.78 Å². The van der Waals surface area contributed by atoms with Crippen LogP contribution in [-0.4, -0.2) is 37.5 Å². The van der Waals surface area contributed by atoms with Gasteiger partial charge in [-0.05, 0) is 80.1 Å². The minimum Gasteiger partial charge on any atom is -0.483 e. The molecule has 1 aliphatic heterocycles. The summed E-state index contributed by atoms with van der Waals surface area (Å²) in [5.74, 6) is -0.818. The molecule has 0 saturated carbocycles.